The fourth-order valence-electron chi connectivity index (χ4n) is 2.16. The molecule has 102 valence electrons. The summed E-state index contributed by atoms with van der Waals surface area (Å²) in [6.45, 7) is 2.32. The number of hydrogen-bond donors (Lipinski definition) is 0. The number of nitrogens with zero attached hydrogens (tertiary/aromatic N) is 4. The lowest BCUT2D eigenvalue weighted by molar-refractivity contribution is 0.628. The van der Waals surface area contributed by atoms with Crippen molar-refractivity contribution in [1.82, 2.24) is 19.5 Å². The fraction of sp³-hybridized carbons (Fsp3) is 0.214. The first kappa shape index (κ1) is 13.0. The summed E-state index contributed by atoms with van der Waals surface area (Å²) in [5, 5.41) is -0.271. The lowest BCUT2D eigenvalue weighted by Crippen LogP contribution is -2.07. The number of halogens is 2. The monoisotopic (exact) mass is 290 g/mol. The minimum atomic E-state index is -0.296. The molecule has 0 saturated carbocycles. The van der Waals surface area contributed by atoms with Crippen LogP contribution in [0.3, 0.4) is 0 Å². The molecule has 6 heteroatoms. The van der Waals surface area contributed by atoms with Gasteiger partial charge >= 0.3 is 0 Å². The first-order valence-electron chi connectivity index (χ1n) is 6.20. The van der Waals surface area contributed by atoms with E-state index in [1.54, 1.807) is 12.3 Å². The quantitative estimate of drug-likeness (QED) is 0.695. The first-order chi connectivity index (χ1) is 9.65. The molecule has 0 N–H and O–H groups in total. The van der Waals surface area contributed by atoms with Gasteiger partial charge in [0.2, 0.25) is 0 Å². The smallest absolute Gasteiger partial charge is 0.128 e. The minimum Gasteiger partial charge on any atom is -0.321 e. The molecule has 3 rings (SSSR count). The van der Waals surface area contributed by atoms with Crippen LogP contribution < -0.4 is 0 Å². The summed E-state index contributed by atoms with van der Waals surface area (Å²) in [5.74, 6) is 0.404. The van der Waals surface area contributed by atoms with E-state index in [0.29, 0.717) is 17.9 Å². The van der Waals surface area contributed by atoms with Gasteiger partial charge in [0.15, 0.2) is 0 Å². The highest BCUT2D eigenvalue weighted by Crippen LogP contribution is 2.25. The van der Waals surface area contributed by atoms with Gasteiger partial charge in [0, 0.05) is 6.20 Å². The van der Waals surface area contributed by atoms with Gasteiger partial charge in [0.25, 0.3) is 0 Å². The van der Waals surface area contributed by atoms with Crippen LogP contribution in [-0.4, -0.2) is 19.5 Å². The molecule has 0 amide bonds. The number of aromatic nitrogens is 4. The van der Waals surface area contributed by atoms with E-state index in [4.69, 9.17) is 11.6 Å². The van der Waals surface area contributed by atoms with Crippen molar-refractivity contribution in [3.05, 3.63) is 54.1 Å². The second kappa shape index (κ2) is 5.17. The predicted octanol–water partition coefficient (Wildman–Crippen LogP) is 3.31. The van der Waals surface area contributed by atoms with Gasteiger partial charge in [-0.3, -0.25) is 0 Å². The van der Waals surface area contributed by atoms with E-state index in [1.807, 2.05) is 17.6 Å². The van der Waals surface area contributed by atoms with Crippen LogP contribution in [0.25, 0.3) is 11.0 Å². The third-order valence-electron chi connectivity index (χ3n) is 3.06. The van der Waals surface area contributed by atoms with Crippen molar-refractivity contribution in [3.8, 4) is 0 Å². The van der Waals surface area contributed by atoms with Crippen molar-refractivity contribution in [2.24, 2.45) is 0 Å². The molecule has 4 nitrogen and oxygen atoms in total. The van der Waals surface area contributed by atoms with Gasteiger partial charge in [-0.2, -0.15) is 0 Å². The van der Waals surface area contributed by atoms with Crippen LogP contribution in [0.1, 0.15) is 23.8 Å². The van der Waals surface area contributed by atoms with Crippen molar-refractivity contribution < 1.29 is 4.39 Å². The van der Waals surface area contributed by atoms with Crippen molar-refractivity contribution in [2.45, 2.75) is 18.8 Å². The second-order valence-corrected chi connectivity index (χ2v) is 5.16. The minimum absolute atomic E-state index is 0.271. The third kappa shape index (κ3) is 2.36. The Bertz CT molecular complexity index is 740. The SMILES string of the molecule is CC(Cl)c1nc2ccc(F)cc2n1Cc1ccncn1. The van der Waals surface area contributed by atoms with E-state index in [1.165, 1.54) is 18.5 Å². The van der Waals surface area contributed by atoms with E-state index in [2.05, 4.69) is 15.0 Å². The second-order valence-electron chi connectivity index (χ2n) is 4.51. The molecule has 0 fully saturated rings. The van der Waals surface area contributed by atoms with Gasteiger partial charge < -0.3 is 4.57 Å². The van der Waals surface area contributed by atoms with Gasteiger partial charge in [-0.25, -0.2) is 19.3 Å². The van der Waals surface area contributed by atoms with Crippen LogP contribution in [-0.2, 0) is 6.54 Å². The average Bonchev–Trinajstić information content (AvgIpc) is 2.78. The summed E-state index contributed by atoms with van der Waals surface area (Å²) in [5.41, 5.74) is 2.26. The predicted molar refractivity (Wildman–Crippen MR) is 75.1 cm³/mol. The highest BCUT2D eigenvalue weighted by Gasteiger charge is 2.16. The first-order valence-corrected chi connectivity index (χ1v) is 6.63. The van der Waals surface area contributed by atoms with E-state index in [0.717, 1.165) is 11.2 Å². The summed E-state index contributed by atoms with van der Waals surface area (Å²) in [7, 11) is 0. The zero-order valence-corrected chi connectivity index (χ0v) is 11.5. The summed E-state index contributed by atoms with van der Waals surface area (Å²) in [6.07, 6.45) is 3.16. The normalized spacial score (nSPS) is 12.8. The van der Waals surface area contributed by atoms with E-state index in [-0.39, 0.29) is 11.2 Å². The zero-order chi connectivity index (χ0) is 14.1. The summed E-state index contributed by atoms with van der Waals surface area (Å²) in [4.78, 5) is 12.5. The van der Waals surface area contributed by atoms with Gasteiger partial charge in [0.1, 0.15) is 18.0 Å². The van der Waals surface area contributed by atoms with E-state index in [9.17, 15) is 4.39 Å². The molecular formula is C14H12ClFN4. The molecule has 0 aliphatic carbocycles. The average molecular weight is 291 g/mol. The number of rotatable bonds is 3. The Morgan fingerprint density at radius 2 is 2.20 bits per heavy atom. The molecule has 2 heterocycles. The Labute approximate surface area is 120 Å². The number of imidazole rings is 1. The molecule has 2 aromatic heterocycles. The summed E-state index contributed by atoms with van der Waals surface area (Å²) < 4.78 is 15.4. The van der Waals surface area contributed by atoms with Crippen molar-refractivity contribution in [1.29, 1.82) is 0 Å². The molecule has 1 unspecified atom stereocenters. The molecular weight excluding hydrogens is 279 g/mol. The van der Waals surface area contributed by atoms with Crippen LogP contribution in [0.4, 0.5) is 4.39 Å². The van der Waals surface area contributed by atoms with Crippen LogP contribution in [0, 0.1) is 5.82 Å². The van der Waals surface area contributed by atoms with E-state index < -0.39 is 0 Å². The number of fused-ring (bicyclic) bond motifs is 1. The van der Waals surface area contributed by atoms with Crippen molar-refractivity contribution in [2.75, 3.05) is 0 Å². The van der Waals surface area contributed by atoms with Gasteiger partial charge in [0.05, 0.1) is 28.6 Å². The molecule has 3 aromatic rings. The maximum atomic E-state index is 13.5. The standard InChI is InChI=1S/C14H12ClFN4/c1-9(15)14-19-12-3-2-10(16)6-13(12)20(14)7-11-4-5-17-8-18-11/h2-6,8-9H,7H2,1H3. The Hall–Kier alpha value is -2.01. The Morgan fingerprint density at radius 3 is 2.90 bits per heavy atom. The summed E-state index contributed by atoms with van der Waals surface area (Å²) >= 11 is 6.18. The van der Waals surface area contributed by atoms with Crippen LogP contribution in [0.5, 0.6) is 0 Å². The van der Waals surface area contributed by atoms with Crippen LogP contribution >= 0.6 is 11.6 Å². The maximum absolute atomic E-state index is 13.5. The Morgan fingerprint density at radius 1 is 1.35 bits per heavy atom. The van der Waals surface area contributed by atoms with Crippen LogP contribution in [0.15, 0.2) is 36.8 Å². The highest BCUT2D eigenvalue weighted by molar-refractivity contribution is 6.20. The molecule has 0 aliphatic rings. The number of hydrogen-bond acceptors (Lipinski definition) is 3. The van der Waals surface area contributed by atoms with Crippen molar-refractivity contribution in [3.63, 3.8) is 0 Å². The Balaban J connectivity index is 2.15. The topological polar surface area (TPSA) is 43.6 Å². The molecule has 0 radical (unpaired) electrons. The molecule has 1 atom stereocenters. The molecule has 0 saturated heterocycles. The van der Waals surface area contributed by atoms with Crippen molar-refractivity contribution >= 4 is 22.6 Å². The lowest BCUT2D eigenvalue weighted by Gasteiger charge is -2.09. The number of alkyl halides is 1. The van der Waals surface area contributed by atoms with E-state index >= 15 is 0 Å². The molecule has 0 spiro atoms. The van der Waals surface area contributed by atoms with Crippen LogP contribution in [0.2, 0.25) is 0 Å². The maximum Gasteiger partial charge on any atom is 0.128 e. The fourth-order valence-corrected chi connectivity index (χ4v) is 2.32. The zero-order valence-electron chi connectivity index (χ0n) is 10.8. The molecule has 20 heavy (non-hydrogen) atoms. The lowest BCUT2D eigenvalue weighted by atomic mass is 10.3. The molecule has 0 aliphatic heterocycles. The molecule has 0 bridgehead atoms. The molecule has 1 aromatic carbocycles. The van der Waals surface area contributed by atoms with Gasteiger partial charge in [-0.15, -0.1) is 11.6 Å². The van der Waals surface area contributed by atoms with Gasteiger partial charge in [-0.1, -0.05) is 0 Å². The van der Waals surface area contributed by atoms with Gasteiger partial charge in [-0.05, 0) is 31.2 Å². The third-order valence-corrected chi connectivity index (χ3v) is 3.25. The highest BCUT2D eigenvalue weighted by atomic mass is 35.5. The summed E-state index contributed by atoms with van der Waals surface area (Å²) in [6, 6.07) is 6.33. The largest absolute Gasteiger partial charge is 0.321 e. The number of benzene rings is 1. The Kier molecular flexibility index (Phi) is 3.36.